The molecule has 0 saturated carbocycles. The summed E-state index contributed by atoms with van der Waals surface area (Å²) in [6, 6.07) is 12.9. The molecule has 0 radical (unpaired) electrons. The number of halogens is 2. The van der Waals surface area contributed by atoms with Crippen LogP contribution in [0.2, 0.25) is 0 Å². The zero-order valence-electron chi connectivity index (χ0n) is 17.5. The van der Waals surface area contributed by atoms with E-state index in [-0.39, 0.29) is 18.2 Å². The minimum Gasteiger partial charge on any atom is -0.490 e. The smallest absolute Gasteiger partial charge is 0.316 e. The van der Waals surface area contributed by atoms with Gasteiger partial charge in [-0.25, -0.2) is 8.78 Å². The van der Waals surface area contributed by atoms with Crippen molar-refractivity contribution in [2.24, 2.45) is 0 Å². The normalized spacial score (nSPS) is 10.8. The number of aromatic nitrogens is 3. The van der Waals surface area contributed by atoms with E-state index in [0.29, 0.717) is 5.56 Å². The minimum absolute atomic E-state index is 0.0215. The predicted octanol–water partition coefficient (Wildman–Crippen LogP) is 4.69. The number of nitrogens with zero attached hydrogens (tertiary/aromatic N) is 3. The van der Waals surface area contributed by atoms with Crippen LogP contribution in [-0.2, 0) is 6.54 Å². The third-order valence-corrected chi connectivity index (χ3v) is 4.94. The van der Waals surface area contributed by atoms with Crippen molar-refractivity contribution in [3.05, 3.63) is 100 Å². The standard InChI is InChI=1S/C24H20F2N4O2/c1-15-5-6-17(18-4-3-7-27-12-18)10-21(15)28-24-29-23(31)22(32-2)14-30(24)13-16-8-19(25)11-20(26)9-16/h3-12,14H,13H2,1-2H3,(H,28,29,31). The first kappa shape index (κ1) is 21.2. The molecule has 0 amide bonds. The molecule has 1 N–H and O–H groups in total. The number of anilines is 2. The Morgan fingerprint density at radius 3 is 2.53 bits per heavy atom. The maximum Gasteiger partial charge on any atom is 0.316 e. The Morgan fingerprint density at radius 1 is 1.06 bits per heavy atom. The van der Waals surface area contributed by atoms with E-state index >= 15 is 0 Å². The highest BCUT2D eigenvalue weighted by molar-refractivity contribution is 5.71. The second-order valence-electron chi connectivity index (χ2n) is 7.24. The molecule has 0 aliphatic heterocycles. The van der Waals surface area contributed by atoms with Gasteiger partial charge in [0.15, 0.2) is 0 Å². The Kier molecular flexibility index (Phi) is 5.93. The fraction of sp³-hybridized carbons (Fsp3) is 0.125. The molecule has 4 aromatic rings. The van der Waals surface area contributed by atoms with E-state index in [9.17, 15) is 13.6 Å². The predicted molar refractivity (Wildman–Crippen MR) is 118 cm³/mol. The maximum atomic E-state index is 13.7. The molecular formula is C24H20F2N4O2. The van der Waals surface area contributed by atoms with Crippen molar-refractivity contribution in [2.45, 2.75) is 13.5 Å². The average molecular weight is 434 g/mol. The van der Waals surface area contributed by atoms with Crippen LogP contribution < -0.4 is 15.6 Å². The molecule has 0 unspecified atom stereocenters. The van der Waals surface area contributed by atoms with Gasteiger partial charge in [-0.1, -0.05) is 18.2 Å². The van der Waals surface area contributed by atoms with E-state index in [4.69, 9.17) is 4.74 Å². The van der Waals surface area contributed by atoms with Gasteiger partial charge < -0.3 is 14.6 Å². The number of hydrogen-bond donors (Lipinski definition) is 1. The molecule has 2 aromatic heterocycles. The van der Waals surface area contributed by atoms with E-state index in [1.807, 2.05) is 37.3 Å². The summed E-state index contributed by atoms with van der Waals surface area (Å²) < 4.78 is 34.0. The summed E-state index contributed by atoms with van der Waals surface area (Å²) in [6.45, 7) is 1.99. The first-order valence-corrected chi connectivity index (χ1v) is 9.81. The summed E-state index contributed by atoms with van der Waals surface area (Å²) in [4.78, 5) is 20.6. The SMILES string of the molecule is COc1cn(Cc2cc(F)cc(F)c2)c(Nc2cc(-c3cccnc3)ccc2C)nc1=O. The van der Waals surface area contributed by atoms with Crippen LogP contribution in [0.25, 0.3) is 11.1 Å². The molecule has 0 aliphatic carbocycles. The Balaban J connectivity index is 1.75. The van der Waals surface area contributed by atoms with Crippen molar-refractivity contribution >= 4 is 11.6 Å². The van der Waals surface area contributed by atoms with Gasteiger partial charge >= 0.3 is 5.56 Å². The summed E-state index contributed by atoms with van der Waals surface area (Å²) in [5.74, 6) is -1.13. The second kappa shape index (κ2) is 8.97. The summed E-state index contributed by atoms with van der Waals surface area (Å²) in [6.07, 6.45) is 4.92. The molecule has 162 valence electrons. The van der Waals surface area contributed by atoms with Crippen LogP contribution in [0.15, 0.2) is 71.9 Å². The highest BCUT2D eigenvalue weighted by Gasteiger charge is 2.13. The second-order valence-corrected chi connectivity index (χ2v) is 7.24. The van der Waals surface area contributed by atoms with E-state index < -0.39 is 17.2 Å². The number of hydrogen-bond acceptors (Lipinski definition) is 5. The van der Waals surface area contributed by atoms with Crippen molar-refractivity contribution < 1.29 is 13.5 Å². The van der Waals surface area contributed by atoms with Gasteiger partial charge in [-0.3, -0.25) is 9.78 Å². The number of rotatable bonds is 6. The molecule has 8 heteroatoms. The number of aryl methyl sites for hydroxylation is 1. The number of nitrogens with one attached hydrogen (secondary N) is 1. The van der Waals surface area contributed by atoms with Crippen LogP contribution >= 0.6 is 0 Å². The lowest BCUT2D eigenvalue weighted by Crippen LogP contribution is -2.19. The lowest BCUT2D eigenvalue weighted by atomic mass is 10.0. The third kappa shape index (κ3) is 4.64. The molecule has 2 aromatic carbocycles. The summed E-state index contributed by atoms with van der Waals surface area (Å²) in [5.41, 5.74) is 3.33. The van der Waals surface area contributed by atoms with Crippen LogP contribution in [0, 0.1) is 18.6 Å². The van der Waals surface area contributed by atoms with Crippen LogP contribution in [0.3, 0.4) is 0 Å². The Hall–Kier alpha value is -4.07. The lowest BCUT2D eigenvalue weighted by Gasteiger charge is -2.17. The average Bonchev–Trinajstić information content (AvgIpc) is 2.77. The molecule has 0 aliphatic rings. The quantitative estimate of drug-likeness (QED) is 0.477. The Morgan fingerprint density at radius 2 is 1.84 bits per heavy atom. The Labute approximate surface area is 183 Å². The fourth-order valence-electron chi connectivity index (χ4n) is 3.32. The first-order chi connectivity index (χ1) is 15.4. The maximum absolute atomic E-state index is 13.7. The molecule has 2 heterocycles. The van der Waals surface area contributed by atoms with Gasteiger partial charge in [0, 0.05) is 29.7 Å². The topological polar surface area (TPSA) is 69.0 Å². The highest BCUT2D eigenvalue weighted by Crippen LogP contribution is 2.27. The third-order valence-electron chi connectivity index (χ3n) is 4.94. The van der Waals surface area contributed by atoms with Crippen LogP contribution in [-0.4, -0.2) is 21.6 Å². The first-order valence-electron chi connectivity index (χ1n) is 9.81. The monoisotopic (exact) mass is 434 g/mol. The van der Waals surface area contributed by atoms with Crippen molar-refractivity contribution in [1.29, 1.82) is 0 Å². The summed E-state index contributed by atoms with van der Waals surface area (Å²) >= 11 is 0. The zero-order chi connectivity index (χ0) is 22.7. The number of benzene rings is 2. The van der Waals surface area contributed by atoms with Crippen molar-refractivity contribution in [1.82, 2.24) is 14.5 Å². The van der Waals surface area contributed by atoms with E-state index in [0.717, 1.165) is 28.4 Å². The largest absolute Gasteiger partial charge is 0.490 e. The molecule has 6 nitrogen and oxygen atoms in total. The van der Waals surface area contributed by atoms with Crippen molar-refractivity contribution in [3.63, 3.8) is 0 Å². The Bertz CT molecular complexity index is 1300. The number of ether oxygens (including phenoxy) is 1. The van der Waals surface area contributed by atoms with Gasteiger partial charge in [0.25, 0.3) is 0 Å². The molecule has 0 fully saturated rings. The van der Waals surface area contributed by atoms with E-state index in [1.54, 1.807) is 17.0 Å². The minimum atomic E-state index is -0.685. The van der Waals surface area contributed by atoms with Gasteiger partial charge in [-0.05, 0) is 47.9 Å². The molecule has 32 heavy (non-hydrogen) atoms. The summed E-state index contributed by atoms with van der Waals surface area (Å²) in [5, 5.41) is 3.18. The molecule has 4 rings (SSSR count). The molecule has 0 bridgehead atoms. The fourth-order valence-corrected chi connectivity index (χ4v) is 3.32. The molecule has 0 atom stereocenters. The van der Waals surface area contributed by atoms with Crippen LogP contribution in [0.4, 0.5) is 20.4 Å². The molecular weight excluding hydrogens is 414 g/mol. The van der Waals surface area contributed by atoms with Gasteiger partial charge in [0.2, 0.25) is 11.7 Å². The van der Waals surface area contributed by atoms with Gasteiger partial charge in [-0.2, -0.15) is 4.98 Å². The van der Waals surface area contributed by atoms with Crippen LogP contribution in [0.5, 0.6) is 5.75 Å². The number of methoxy groups -OCH3 is 1. The van der Waals surface area contributed by atoms with Gasteiger partial charge in [0.1, 0.15) is 11.6 Å². The molecule has 0 spiro atoms. The van der Waals surface area contributed by atoms with Crippen molar-refractivity contribution in [3.8, 4) is 16.9 Å². The van der Waals surface area contributed by atoms with E-state index in [2.05, 4.69) is 15.3 Å². The highest BCUT2D eigenvalue weighted by atomic mass is 19.1. The van der Waals surface area contributed by atoms with E-state index in [1.165, 1.54) is 25.4 Å². The lowest BCUT2D eigenvalue weighted by molar-refractivity contribution is 0.402. The van der Waals surface area contributed by atoms with Gasteiger partial charge in [-0.15, -0.1) is 0 Å². The summed E-state index contributed by atoms with van der Waals surface area (Å²) in [7, 11) is 1.36. The zero-order valence-corrected chi connectivity index (χ0v) is 17.5. The number of pyridine rings is 1. The van der Waals surface area contributed by atoms with Crippen molar-refractivity contribution in [2.75, 3.05) is 12.4 Å². The van der Waals surface area contributed by atoms with Crippen LogP contribution in [0.1, 0.15) is 11.1 Å². The van der Waals surface area contributed by atoms with Gasteiger partial charge in [0.05, 0.1) is 19.9 Å². The molecule has 0 saturated heterocycles.